The quantitative estimate of drug-likeness (QED) is 0.805. The molecule has 5 heteroatoms. The lowest BCUT2D eigenvalue weighted by Gasteiger charge is -2.09. The maximum Gasteiger partial charge on any atom is 0.253 e. The van der Waals surface area contributed by atoms with Crippen LogP contribution in [0.3, 0.4) is 0 Å². The molecule has 0 radical (unpaired) electrons. The van der Waals surface area contributed by atoms with E-state index in [9.17, 15) is 4.79 Å². The van der Waals surface area contributed by atoms with Crippen molar-refractivity contribution in [3.63, 3.8) is 0 Å². The zero-order chi connectivity index (χ0) is 15.5. The second kappa shape index (κ2) is 6.12. The Morgan fingerprint density at radius 1 is 1.18 bits per heavy atom. The van der Waals surface area contributed by atoms with E-state index in [-0.39, 0.29) is 5.91 Å². The lowest BCUT2D eigenvalue weighted by Crippen LogP contribution is -2.24. The number of hydrogen-bond acceptors (Lipinski definition) is 3. The van der Waals surface area contributed by atoms with Crippen LogP contribution < -0.4 is 5.32 Å². The van der Waals surface area contributed by atoms with Crippen molar-refractivity contribution in [2.45, 2.75) is 13.5 Å². The highest BCUT2D eigenvalue weighted by atomic mass is 35.5. The van der Waals surface area contributed by atoms with Crippen LogP contribution in [0.2, 0.25) is 5.02 Å². The molecule has 0 atom stereocenters. The van der Waals surface area contributed by atoms with Gasteiger partial charge in [0.05, 0.1) is 23.3 Å². The Kier molecular flexibility index (Phi) is 4.02. The van der Waals surface area contributed by atoms with Gasteiger partial charge in [0.25, 0.3) is 5.91 Å². The Morgan fingerprint density at radius 2 is 1.95 bits per heavy atom. The van der Waals surface area contributed by atoms with Crippen molar-refractivity contribution in [3.05, 3.63) is 70.6 Å². The van der Waals surface area contributed by atoms with Gasteiger partial charge in [-0.3, -0.25) is 14.8 Å². The van der Waals surface area contributed by atoms with Gasteiger partial charge in [-0.25, -0.2) is 0 Å². The van der Waals surface area contributed by atoms with Crippen molar-refractivity contribution >= 4 is 28.4 Å². The summed E-state index contributed by atoms with van der Waals surface area (Å²) in [5.41, 5.74) is 2.99. The van der Waals surface area contributed by atoms with Crippen molar-refractivity contribution in [1.29, 1.82) is 0 Å². The molecule has 0 aliphatic heterocycles. The molecule has 0 saturated carbocycles. The monoisotopic (exact) mass is 311 g/mol. The highest BCUT2D eigenvalue weighted by Gasteiger charge is 2.13. The van der Waals surface area contributed by atoms with Gasteiger partial charge in [-0.15, -0.1) is 0 Å². The standard InChI is InChI=1S/C17H14ClN3O/c1-11-4-2-6-19-15(11)10-21-17(22)14-9-13(18)8-12-5-3-7-20-16(12)14/h2-9H,10H2,1H3,(H,21,22). The van der Waals surface area contributed by atoms with Crippen LogP contribution in [0.15, 0.2) is 48.8 Å². The molecule has 0 aliphatic carbocycles. The Morgan fingerprint density at radius 3 is 2.77 bits per heavy atom. The van der Waals surface area contributed by atoms with Gasteiger partial charge in [0, 0.05) is 22.8 Å². The van der Waals surface area contributed by atoms with Gasteiger partial charge in [-0.1, -0.05) is 23.7 Å². The number of nitrogens with one attached hydrogen (secondary N) is 1. The number of amides is 1. The predicted octanol–water partition coefficient (Wildman–Crippen LogP) is 3.52. The van der Waals surface area contributed by atoms with Crippen molar-refractivity contribution in [1.82, 2.24) is 15.3 Å². The molecule has 0 spiro atoms. The van der Waals surface area contributed by atoms with E-state index in [0.29, 0.717) is 22.6 Å². The van der Waals surface area contributed by atoms with E-state index in [1.165, 1.54) is 0 Å². The molecular weight excluding hydrogens is 298 g/mol. The Balaban J connectivity index is 1.88. The molecule has 1 aromatic carbocycles. The highest BCUT2D eigenvalue weighted by molar-refractivity contribution is 6.32. The minimum atomic E-state index is -0.212. The largest absolute Gasteiger partial charge is 0.346 e. The van der Waals surface area contributed by atoms with Crippen LogP contribution in [-0.2, 0) is 6.54 Å². The van der Waals surface area contributed by atoms with Gasteiger partial charge in [0.1, 0.15) is 0 Å². The first-order valence-corrected chi connectivity index (χ1v) is 7.26. The molecule has 110 valence electrons. The van der Waals surface area contributed by atoms with E-state index in [1.54, 1.807) is 24.5 Å². The van der Waals surface area contributed by atoms with Gasteiger partial charge in [0.2, 0.25) is 0 Å². The molecule has 1 N–H and O–H groups in total. The fourth-order valence-corrected chi connectivity index (χ4v) is 2.52. The first-order valence-electron chi connectivity index (χ1n) is 6.88. The zero-order valence-corrected chi connectivity index (χ0v) is 12.8. The van der Waals surface area contributed by atoms with Crippen molar-refractivity contribution in [2.24, 2.45) is 0 Å². The normalized spacial score (nSPS) is 10.6. The molecule has 4 nitrogen and oxygen atoms in total. The van der Waals surface area contributed by atoms with E-state index in [2.05, 4.69) is 15.3 Å². The van der Waals surface area contributed by atoms with E-state index in [1.807, 2.05) is 31.2 Å². The lowest BCUT2D eigenvalue weighted by molar-refractivity contribution is 0.0952. The SMILES string of the molecule is Cc1cccnc1CNC(=O)c1cc(Cl)cc2cccnc12. The van der Waals surface area contributed by atoms with Gasteiger partial charge < -0.3 is 5.32 Å². The number of benzene rings is 1. The summed E-state index contributed by atoms with van der Waals surface area (Å²) >= 11 is 6.09. The van der Waals surface area contributed by atoms with Crippen LogP contribution in [0.5, 0.6) is 0 Å². The third kappa shape index (κ3) is 2.92. The summed E-state index contributed by atoms with van der Waals surface area (Å²) in [6.07, 6.45) is 3.38. The summed E-state index contributed by atoms with van der Waals surface area (Å²) in [5, 5.41) is 4.23. The molecule has 0 bridgehead atoms. The topological polar surface area (TPSA) is 54.9 Å². The maximum atomic E-state index is 12.5. The Hall–Kier alpha value is -2.46. The summed E-state index contributed by atoms with van der Waals surface area (Å²) in [6, 6.07) is 11.0. The summed E-state index contributed by atoms with van der Waals surface area (Å²) in [5.74, 6) is -0.212. The number of rotatable bonds is 3. The molecule has 0 saturated heterocycles. The number of halogens is 1. The number of fused-ring (bicyclic) bond motifs is 1. The number of carbonyl (C=O) groups is 1. The first-order chi connectivity index (χ1) is 10.6. The average molecular weight is 312 g/mol. The average Bonchev–Trinajstić information content (AvgIpc) is 2.53. The third-order valence-electron chi connectivity index (χ3n) is 3.45. The third-order valence-corrected chi connectivity index (χ3v) is 3.67. The number of aryl methyl sites for hydroxylation is 1. The van der Waals surface area contributed by atoms with Crippen LogP contribution in [0.25, 0.3) is 10.9 Å². The maximum absolute atomic E-state index is 12.5. The molecular formula is C17H14ClN3O. The Labute approximate surface area is 133 Å². The van der Waals surface area contributed by atoms with Crippen molar-refractivity contribution in [2.75, 3.05) is 0 Å². The van der Waals surface area contributed by atoms with E-state index in [0.717, 1.165) is 16.6 Å². The van der Waals surface area contributed by atoms with Crippen LogP contribution in [0.4, 0.5) is 0 Å². The molecule has 1 amide bonds. The van der Waals surface area contributed by atoms with Crippen LogP contribution in [0, 0.1) is 6.92 Å². The van der Waals surface area contributed by atoms with E-state index in [4.69, 9.17) is 11.6 Å². The lowest BCUT2D eigenvalue weighted by atomic mass is 10.1. The highest BCUT2D eigenvalue weighted by Crippen LogP contribution is 2.22. The van der Waals surface area contributed by atoms with E-state index < -0.39 is 0 Å². The van der Waals surface area contributed by atoms with Gasteiger partial charge in [-0.05, 0) is 36.8 Å². The minimum Gasteiger partial charge on any atom is -0.346 e. The molecule has 3 rings (SSSR count). The first kappa shape index (κ1) is 14.5. The molecule has 22 heavy (non-hydrogen) atoms. The van der Waals surface area contributed by atoms with Gasteiger partial charge >= 0.3 is 0 Å². The fourth-order valence-electron chi connectivity index (χ4n) is 2.29. The summed E-state index contributed by atoms with van der Waals surface area (Å²) in [4.78, 5) is 21.0. The van der Waals surface area contributed by atoms with Crippen molar-refractivity contribution in [3.8, 4) is 0 Å². The molecule has 0 fully saturated rings. The second-order valence-corrected chi connectivity index (χ2v) is 5.41. The molecule has 0 unspecified atom stereocenters. The van der Waals surface area contributed by atoms with Gasteiger partial charge in [0.15, 0.2) is 0 Å². The van der Waals surface area contributed by atoms with Crippen LogP contribution in [0.1, 0.15) is 21.6 Å². The van der Waals surface area contributed by atoms with Gasteiger partial charge in [-0.2, -0.15) is 0 Å². The van der Waals surface area contributed by atoms with Crippen LogP contribution >= 0.6 is 11.6 Å². The summed E-state index contributed by atoms with van der Waals surface area (Å²) in [7, 11) is 0. The number of carbonyl (C=O) groups excluding carboxylic acids is 1. The molecule has 2 heterocycles. The number of nitrogens with zero attached hydrogens (tertiary/aromatic N) is 2. The smallest absolute Gasteiger partial charge is 0.253 e. The fraction of sp³-hybridized carbons (Fsp3) is 0.118. The zero-order valence-electron chi connectivity index (χ0n) is 12.0. The van der Waals surface area contributed by atoms with E-state index >= 15 is 0 Å². The second-order valence-electron chi connectivity index (χ2n) is 4.98. The summed E-state index contributed by atoms with van der Waals surface area (Å²) < 4.78 is 0. The van der Waals surface area contributed by atoms with Crippen LogP contribution in [-0.4, -0.2) is 15.9 Å². The molecule has 3 aromatic rings. The molecule has 2 aromatic heterocycles. The Bertz CT molecular complexity index is 848. The molecule has 0 aliphatic rings. The number of pyridine rings is 2. The minimum absolute atomic E-state index is 0.212. The number of aromatic nitrogens is 2. The summed E-state index contributed by atoms with van der Waals surface area (Å²) in [6.45, 7) is 2.33. The number of hydrogen-bond donors (Lipinski definition) is 1. The van der Waals surface area contributed by atoms with Crippen molar-refractivity contribution < 1.29 is 4.79 Å². The predicted molar refractivity (Wildman–Crippen MR) is 86.9 cm³/mol.